The van der Waals surface area contributed by atoms with Crippen LogP contribution in [0.4, 0.5) is 0 Å². The Morgan fingerprint density at radius 2 is 1.88 bits per heavy atom. The largest absolute Gasteiger partial charge is 0.550 e. The van der Waals surface area contributed by atoms with Crippen molar-refractivity contribution < 1.29 is 23.8 Å². The smallest absolute Gasteiger partial charge is 0.339 e. The minimum Gasteiger partial charge on any atom is -0.550 e. The molecule has 0 spiro atoms. The van der Waals surface area contributed by atoms with E-state index in [1.54, 1.807) is 32.9 Å². The van der Waals surface area contributed by atoms with Crippen LogP contribution in [0.1, 0.15) is 36.5 Å². The van der Waals surface area contributed by atoms with E-state index in [1.807, 2.05) is 6.92 Å². The number of carbonyl (C=O) groups excluding carboxylic acids is 2. The molecule has 0 radical (unpaired) electrons. The maximum atomic E-state index is 12.0. The predicted octanol–water partition coefficient (Wildman–Crippen LogP) is 1.13. The highest BCUT2D eigenvalue weighted by Crippen LogP contribution is 2.29. The van der Waals surface area contributed by atoms with Gasteiger partial charge in [0.2, 0.25) is 0 Å². The second-order valence-corrected chi connectivity index (χ2v) is 6.23. The van der Waals surface area contributed by atoms with Gasteiger partial charge in [0.05, 0.1) is 0 Å². The Balaban J connectivity index is 2.14. The van der Waals surface area contributed by atoms with Crippen molar-refractivity contribution in [2.24, 2.45) is 0 Å². The van der Waals surface area contributed by atoms with E-state index in [4.69, 9.17) is 9.15 Å². The van der Waals surface area contributed by atoms with Gasteiger partial charge >= 0.3 is 5.63 Å². The van der Waals surface area contributed by atoms with Gasteiger partial charge in [-0.25, -0.2) is 4.79 Å². The first-order valence-electron chi connectivity index (χ1n) is 8.40. The van der Waals surface area contributed by atoms with Crippen LogP contribution in [0.5, 0.6) is 5.75 Å². The summed E-state index contributed by atoms with van der Waals surface area (Å²) in [5, 5.41) is 13.8. The van der Waals surface area contributed by atoms with E-state index in [9.17, 15) is 19.5 Å². The number of hydrogen-bond acceptors (Lipinski definition) is 6. The fraction of sp³-hybridized carbons (Fsp3) is 0.421. The zero-order valence-corrected chi connectivity index (χ0v) is 15.3. The number of amides is 1. The number of rotatable bonds is 7. The van der Waals surface area contributed by atoms with E-state index < -0.39 is 17.7 Å². The number of aliphatic carboxylic acids is 1. The van der Waals surface area contributed by atoms with Crippen LogP contribution in [0.25, 0.3) is 11.0 Å². The highest BCUT2D eigenvalue weighted by Gasteiger charge is 2.18. The molecule has 0 saturated heterocycles. The van der Waals surface area contributed by atoms with Gasteiger partial charge in [-0.1, -0.05) is 0 Å². The highest BCUT2D eigenvalue weighted by atomic mass is 16.5. The summed E-state index contributed by atoms with van der Waals surface area (Å²) >= 11 is 0. The van der Waals surface area contributed by atoms with E-state index in [2.05, 4.69) is 5.32 Å². The third-order valence-corrected chi connectivity index (χ3v) is 4.35. The molecule has 2 aromatic rings. The zero-order valence-electron chi connectivity index (χ0n) is 15.3. The Morgan fingerprint density at radius 1 is 1.19 bits per heavy atom. The van der Waals surface area contributed by atoms with Gasteiger partial charge in [-0.15, -0.1) is 0 Å². The summed E-state index contributed by atoms with van der Waals surface area (Å²) in [6.07, 6.45) is -0.608. The van der Waals surface area contributed by atoms with Crippen molar-refractivity contribution in [3.8, 4) is 5.75 Å². The van der Waals surface area contributed by atoms with Crippen LogP contribution in [0, 0.1) is 20.8 Å². The molecule has 1 aromatic carbocycles. The molecule has 26 heavy (non-hydrogen) atoms. The van der Waals surface area contributed by atoms with Crippen molar-refractivity contribution in [3.05, 3.63) is 39.2 Å². The molecule has 2 rings (SSSR count). The molecule has 1 atom stereocenters. The third kappa shape index (κ3) is 4.22. The molecule has 140 valence electrons. The number of nitrogens with one attached hydrogen (secondary N) is 1. The van der Waals surface area contributed by atoms with Gasteiger partial charge in [-0.05, 0) is 58.2 Å². The second-order valence-electron chi connectivity index (χ2n) is 6.23. The van der Waals surface area contributed by atoms with Crippen LogP contribution in [-0.2, 0) is 9.59 Å². The Kier molecular flexibility index (Phi) is 6.02. The van der Waals surface area contributed by atoms with Crippen molar-refractivity contribution >= 4 is 22.8 Å². The molecule has 7 nitrogen and oxygen atoms in total. The number of fused-ring (bicyclic) bond motifs is 1. The molecule has 0 unspecified atom stereocenters. The first-order chi connectivity index (χ1) is 12.2. The van der Waals surface area contributed by atoms with E-state index in [-0.39, 0.29) is 18.9 Å². The summed E-state index contributed by atoms with van der Waals surface area (Å²) in [5.41, 5.74) is 2.10. The first kappa shape index (κ1) is 19.5. The van der Waals surface area contributed by atoms with Crippen molar-refractivity contribution in [1.82, 2.24) is 5.32 Å². The monoisotopic (exact) mass is 360 g/mol. The minimum atomic E-state index is -1.15. The summed E-state index contributed by atoms with van der Waals surface area (Å²) in [5.74, 6) is -1.06. The van der Waals surface area contributed by atoms with Gasteiger partial charge in [-0.3, -0.25) is 4.79 Å². The van der Waals surface area contributed by atoms with E-state index >= 15 is 0 Å². The molecular weight excluding hydrogens is 338 g/mol. The molecule has 1 heterocycles. The summed E-state index contributed by atoms with van der Waals surface area (Å²) in [4.78, 5) is 34.3. The van der Waals surface area contributed by atoms with Gasteiger partial charge in [0.1, 0.15) is 11.3 Å². The maximum absolute atomic E-state index is 12.0. The lowest BCUT2D eigenvalue weighted by atomic mass is 10.0. The van der Waals surface area contributed by atoms with Crippen LogP contribution >= 0.6 is 0 Å². The topological polar surface area (TPSA) is 109 Å². The molecule has 1 aromatic heterocycles. The van der Waals surface area contributed by atoms with Gasteiger partial charge in [-0.2, -0.15) is 0 Å². The fourth-order valence-electron chi connectivity index (χ4n) is 2.58. The van der Waals surface area contributed by atoms with Crippen molar-refractivity contribution in [2.75, 3.05) is 6.54 Å². The van der Waals surface area contributed by atoms with E-state index in [0.29, 0.717) is 28.9 Å². The molecule has 1 amide bonds. The molecule has 0 fully saturated rings. The molecule has 7 heteroatoms. The van der Waals surface area contributed by atoms with Crippen LogP contribution in [-0.4, -0.2) is 24.5 Å². The Labute approximate surface area is 151 Å². The number of carbonyl (C=O) groups is 2. The lowest BCUT2D eigenvalue weighted by Crippen LogP contribution is -2.37. The first-order valence-corrected chi connectivity index (χ1v) is 8.40. The Morgan fingerprint density at radius 3 is 2.54 bits per heavy atom. The number of hydrogen-bond donors (Lipinski definition) is 1. The summed E-state index contributed by atoms with van der Waals surface area (Å²) in [6.45, 7) is 7.16. The molecule has 0 aliphatic heterocycles. The van der Waals surface area contributed by atoms with Crippen LogP contribution in [0.2, 0.25) is 0 Å². The number of carboxylic acids is 1. The van der Waals surface area contributed by atoms with Crippen molar-refractivity contribution in [2.45, 2.75) is 46.6 Å². The summed E-state index contributed by atoms with van der Waals surface area (Å²) < 4.78 is 11.1. The lowest BCUT2D eigenvalue weighted by Gasteiger charge is -2.17. The molecule has 0 aliphatic rings. The molecule has 0 bridgehead atoms. The quantitative estimate of drug-likeness (QED) is 0.586. The van der Waals surface area contributed by atoms with Crippen LogP contribution in [0.15, 0.2) is 21.3 Å². The van der Waals surface area contributed by atoms with E-state index in [1.165, 1.54) is 0 Å². The average Bonchev–Trinajstić information content (AvgIpc) is 2.59. The SMILES string of the molecule is Cc1c(C)c2ccc(O[C@@H](C)C(=O)NCCCC(=O)[O-])c(C)c2oc1=O. The normalized spacial score (nSPS) is 12.0. The van der Waals surface area contributed by atoms with Gasteiger partial charge < -0.3 is 24.4 Å². The molecular formula is C19H22NO6-. The van der Waals surface area contributed by atoms with Crippen molar-refractivity contribution in [1.29, 1.82) is 0 Å². The van der Waals surface area contributed by atoms with Gasteiger partial charge in [0.15, 0.2) is 6.10 Å². The Hall–Kier alpha value is -2.83. The summed E-state index contributed by atoms with van der Waals surface area (Å²) in [6, 6.07) is 3.54. The minimum absolute atomic E-state index is 0.114. The van der Waals surface area contributed by atoms with Crippen molar-refractivity contribution in [3.63, 3.8) is 0 Å². The number of aryl methyl sites for hydroxylation is 2. The predicted molar refractivity (Wildman–Crippen MR) is 94.0 cm³/mol. The van der Waals surface area contributed by atoms with Crippen LogP contribution < -0.4 is 20.8 Å². The fourth-order valence-corrected chi connectivity index (χ4v) is 2.58. The molecule has 1 N–H and O–H groups in total. The summed E-state index contributed by atoms with van der Waals surface area (Å²) in [7, 11) is 0. The second kappa shape index (κ2) is 8.03. The number of carboxylic acid groups (broad SMARTS) is 1. The van der Waals surface area contributed by atoms with Gasteiger partial charge in [0, 0.05) is 29.0 Å². The molecule has 0 saturated carbocycles. The third-order valence-electron chi connectivity index (χ3n) is 4.35. The Bertz CT molecular complexity index is 899. The molecule has 0 aliphatic carbocycles. The standard InChI is InChI=1S/C19H23NO6/c1-10-11(2)19(24)26-17-12(3)15(8-7-14(10)17)25-13(4)18(23)20-9-5-6-16(21)22/h7-8,13H,5-6,9H2,1-4H3,(H,20,23)(H,21,22)/p-1/t13-/m0/s1. The zero-order chi connectivity index (χ0) is 19.4. The van der Waals surface area contributed by atoms with Crippen LogP contribution in [0.3, 0.4) is 0 Å². The number of benzene rings is 1. The van der Waals surface area contributed by atoms with Gasteiger partial charge in [0.25, 0.3) is 5.91 Å². The number of ether oxygens (including phenoxy) is 1. The maximum Gasteiger partial charge on any atom is 0.339 e. The highest BCUT2D eigenvalue weighted by molar-refractivity contribution is 5.86. The lowest BCUT2D eigenvalue weighted by molar-refractivity contribution is -0.305. The van der Waals surface area contributed by atoms with E-state index in [0.717, 1.165) is 10.9 Å². The average molecular weight is 360 g/mol.